The van der Waals surface area contributed by atoms with Crippen LogP contribution in [-0.2, 0) is 9.59 Å². The van der Waals surface area contributed by atoms with Crippen LogP contribution in [0.2, 0.25) is 0 Å². The van der Waals surface area contributed by atoms with Crippen LogP contribution in [0.5, 0.6) is 23.0 Å². The smallest absolute Gasteiger partial charge is 0.163 e. The highest BCUT2D eigenvalue weighted by Crippen LogP contribution is 2.28. The lowest BCUT2D eigenvalue weighted by Crippen LogP contribution is -2.01. The first-order valence-corrected chi connectivity index (χ1v) is 9.53. The van der Waals surface area contributed by atoms with E-state index in [0.717, 1.165) is 11.1 Å². The maximum atomic E-state index is 12.0. The Morgan fingerprint density at radius 3 is 1.65 bits per heavy atom. The summed E-state index contributed by atoms with van der Waals surface area (Å²) in [4.78, 5) is 24.0. The summed E-state index contributed by atoms with van der Waals surface area (Å²) in [5.74, 6) is 1.87. The molecule has 0 saturated carbocycles. The SMILES string of the molecule is COc1ccc(/C=C/C=C/C(=O)CC(=O)/C=C/c2ccc(OC)c(OC)c2)cc1OC. The molecule has 0 N–H and O–H groups in total. The van der Waals surface area contributed by atoms with Gasteiger partial charge >= 0.3 is 0 Å². The summed E-state index contributed by atoms with van der Waals surface area (Å²) < 4.78 is 20.9. The topological polar surface area (TPSA) is 71.1 Å². The van der Waals surface area contributed by atoms with E-state index >= 15 is 0 Å². The van der Waals surface area contributed by atoms with Crippen LogP contribution in [0.25, 0.3) is 12.2 Å². The molecule has 6 heteroatoms. The molecule has 0 unspecified atom stereocenters. The summed E-state index contributed by atoms with van der Waals surface area (Å²) in [5.41, 5.74) is 1.66. The monoisotopic (exact) mass is 422 g/mol. The van der Waals surface area contributed by atoms with E-state index in [9.17, 15) is 9.59 Å². The predicted molar refractivity (Wildman–Crippen MR) is 121 cm³/mol. The molecule has 0 spiro atoms. The summed E-state index contributed by atoms with van der Waals surface area (Å²) >= 11 is 0. The van der Waals surface area contributed by atoms with Gasteiger partial charge in [-0.3, -0.25) is 9.59 Å². The molecule has 2 aromatic rings. The van der Waals surface area contributed by atoms with Gasteiger partial charge in [-0.1, -0.05) is 36.4 Å². The van der Waals surface area contributed by atoms with Crippen molar-refractivity contribution >= 4 is 23.7 Å². The molecule has 0 heterocycles. The third-order valence-electron chi connectivity index (χ3n) is 4.31. The van der Waals surface area contributed by atoms with E-state index in [1.807, 2.05) is 18.2 Å². The molecule has 0 aliphatic heterocycles. The molecular formula is C25H26O6. The van der Waals surface area contributed by atoms with Gasteiger partial charge in [0.25, 0.3) is 0 Å². The normalized spacial score (nSPS) is 11.2. The van der Waals surface area contributed by atoms with E-state index in [1.165, 1.54) is 12.2 Å². The van der Waals surface area contributed by atoms with Crippen molar-refractivity contribution < 1.29 is 28.5 Å². The zero-order valence-corrected chi connectivity index (χ0v) is 18.1. The quantitative estimate of drug-likeness (QED) is 0.301. The maximum absolute atomic E-state index is 12.0. The minimum Gasteiger partial charge on any atom is -0.493 e. The van der Waals surface area contributed by atoms with Crippen LogP contribution in [-0.4, -0.2) is 40.0 Å². The first-order chi connectivity index (χ1) is 15.0. The summed E-state index contributed by atoms with van der Waals surface area (Å²) in [6.45, 7) is 0. The Labute approximate surface area is 182 Å². The molecule has 2 aromatic carbocycles. The molecule has 6 nitrogen and oxygen atoms in total. The lowest BCUT2D eigenvalue weighted by atomic mass is 10.1. The minimum atomic E-state index is -0.284. The fourth-order valence-corrected chi connectivity index (χ4v) is 2.72. The zero-order chi connectivity index (χ0) is 22.6. The van der Waals surface area contributed by atoms with E-state index in [0.29, 0.717) is 23.0 Å². The van der Waals surface area contributed by atoms with Gasteiger partial charge in [-0.25, -0.2) is 0 Å². The Bertz CT molecular complexity index is 1000. The van der Waals surface area contributed by atoms with Crippen LogP contribution in [0.1, 0.15) is 17.5 Å². The van der Waals surface area contributed by atoms with Gasteiger partial charge in [0.2, 0.25) is 0 Å². The van der Waals surface area contributed by atoms with Gasteiger partial charge in [-0.2, -0.15) is 0 Å². The van der Waals surface area contributed by atoms with Gasteiger partial charge in [-0.15, -0.1) is 0 Å². The Morgan fingerprint density at radius 1 is 0.645 bits per heavy atom. The van der Waals surface area contributed by atoms with E-state index in [-0.39, 0.29) is 18.0 Å². The van der Waals surface area contributed by atoms with Crippen LogP contribution >= 0.6 is 0 Å². The number of hydrogen-bond donors (Lipinski definition) is 0. The lowest BCUT2D eigenvalue weighted by molar-refractivity contribution is -0.121. The second kappa shape index (κ2) is 12.0. The molecule has 0 fully saturated rings. The number of carbonyl (C=O) groups excluding carboxylic acids is 2. The van der Waals surface area contributed by atoms with Crippen LogP contribution in [0.3, 0.4) is 0 Å². The Morgan fingerprint density at radius 2 is 1.13 bits per heavy atom. The van der Waals surface area contributed by atoms with E-state index < -0.39 is 0 Å². The van der Waals surface area contributed by atoms with Crippen molar-refractivity contribution in [3.05, 3.63) is 71.8 Å². The van der Waals surface area contributed by atoms with Crippen LogP contribution in [0.15, 0.2) is 60.7 Å². The van der Waals surface area contributed by atoms with Crippen LogP contribution in [0.4, 0.5) is 0 Å². The number of rotatable bonds is 11. The summed E-state index contributed by atoms with van der Waals surface area (Å²) in [5, 5.41) is 0. The molecular weight excluding hydrogens is 396 g/mol. The summed E-state index contributed by atoms with van der Waals surface area (Å²) in [6, 6.07) is 10.8. The molecule has 0 radical (unpaired) electrons. The van der Waals surface area contributed by atoms with Crippen molar-refractivity contribution in [3.63, 3.8) is 0 Å². The van der Waals surface area contributed by atoms with Gasteiger partial charge < -0.3 is 18.9 Å². The van der Waals surface area contributed by atoms with Crippen molar-refractivity contribution in [3.8, 4) is 23.0 Å². The van der Waals surface area contributed by atoms with Gasteiger partial charge in [0.15, 0.2) is 34.6 Å². The highest BCUT2D eigenvalue weighted by atomic mass is 16.5. The molecule has 162 valence electrons. The van der Waals surface area contributed by atoms with E-state index in [1.54, 1.807) is 70.9 Å². The number of hydrogen-bond acceptors (Lipinski definition) is 6. The fourth-order valence-electron chi connectivity index (χ4n) is 2.72. The second-order valence-electron chi connectivity index (χ2n) is 6.39. The minimum absolute atomic E-state index is 0.204. The standard InChI is InChI=1S/C25H26O6/c1-28-22-13-10-18(15-24(22)30-3)7-5-6-8-20(26)17-21(27)12-9-19-11-14-23(29-2)25(16-19)31-4/h5-16H,17H2,1-4H3/b7-5+,8-6+,12-9+. The van der Waals surface area contributed by atoms with E-state index in [2.05, 4.69) is 0 Å². The molecule has 0 amide bonds. The van der Waals surface area contributed by atoms with Crippen molar-refractivity contribution in [1.29, 1.82) is 0 Å². The van der Waals surface area contributed by atoms with E-state index in [4.69, 9.17) is 18.9 Å². The molecule has 0 aliphatic carbocycles. The summed E-state index contributed by atoms with van der Waals surface area (Å²) in [7, 11) is 6.24. The highest BCUT2D eigenvalue weighted by Gasteiger charge is 2.06. The highest BCUT2D eigenvalue weighted by molar-refractivity contribution is 6.09. The molecule has 2 rings (SSSR count). The summed E-state index contributed by atoms with van der Waals surface area (Å²) in [6.07, 6.45) is 9.34. The van der Waals surface area contributed by atoms with Gasteiger partial charge in [-0.05, 0) is 47.5 Å². The average molecular weight is 422 g/mol. The van der Waals surface area contributed by atoms with Crippen molar-refractivity contribution in [1.82, 2.24) is 0 Å². The zero-order valence-electron chi connectivity index (χ0n) is 18.1. The number of ether oxygens (including phenoxy) is 4. The van der Waals surface area contributed by atoms with Gasteiger partial charge in [0, 0.05) is 0 Å². The van der Waals surface area contributed by atoms with Gasteiger partial charge in [0.1, 0.15) is 0 Å². The third kappa shape index (κ3) is 7.19. The molecule has 31 heavy (non-hydrogen) atoms. The van der Waals surface area contributed by atoms with Crippen LogP contribution < -0.4 is 18.9 Å². The molecule has 0 aliphatic rings. The fraction of sp³-hybridized carbons (Fsp3) is 0.200. The van der Waals surface area contributed by atoms with Gasteiger partial charge in [0.05, 0.1) is 34.9 Å². The number of carbonyl (C=O) groups is 2. The second-order valence-corrected chi connectivity index (χ2v) is 6.39. The van der Waals surface area contributed by atoms with Crippen molar-refractivity contribution in [2.75, 3.05) is 28.4 Å². The number of methoxy groups -OCH3 is 4. The first-order valence-electron chi connectivity index (χ1n) is 9.53. The lowest BCUT2D eigenvalue weighted by Gasteiger charge is -2.07. The molecule has 0 atom stereocenters. The Kier molecular flexibility index (Phi) is 9.11. The molecule has 0 bridgehead atoms. The third-order valence-corrected chi connectivity index (χ3v) is 4.31. The molecule has 0 saturated heterocycles. The van der Waals surface area contributed by atoms with Crippen LogP contribution in [0, 0.1) is 0 Å². The molecule has 0 aromatic heterocycles. The Balaban J connectivity index is 1.90. The van der Waals surface area contributed by atoms with Crippen molar-refractivity contribution in [2.24, 2.45) is 0 Å². The average Bonchev–Trinajstić information content (AvgIpc) is 2.79. The first kappa shape index (κ1) is 23.5. The number of benzene rings is 2. The Hall–Kier alpha value is -3.80. The predicted octanol–water partition coefficient (Wildman–Crippen LogP) is 4.53. The largest absolute Gasteiger partial charge is 0.493 e. The number of ketones is 2. The van der Waals surface area contributed by atoms with Crippen molar-refractivity contribution in [2.45, 2.75) is 6.42 Å². The number of allylic oxidation sites excluding steroid dienone is 4. The maximum Gasteiger partial charge on any atom is 0.163 e.